The van der Waals surface area contributed by atoms with Crippen molar-refractivity contribution in [1.29, 1.82) is 0 Å². The molecule has 0 aliphatic heterocycles. The molecule has 26 heavy (non-hydrogen) atoms. The summed E-state index contributed by atoms with van der Waals surface area (Å²) in [5, 5.41) is 13.7. The first-order chi connectivity index (χ1) is 12.3. The monoisotopic (exact) mass is 368 g/mol. The molecule has 0 atom stereocenters. The van der Waals surface area contributed by atoms with Gasteiger partial charge < -0.3 is 20.5 Å². The number of benzene rings is 1. The van der Waals surface area contributed by atoms with E-state index in [9.17, 15) is 18.0 Å². The van der Waals surface area contributed by atoms with Crippen molar-refractivity contribution in [2.45, 2.75) is 6.18 Å². The number of aliphatic carboxylic acids is 1. The minimum atomic E-state index is -4.42. The molecule has 0 aliphatic rings. The molecule has 0 unspecified atom stereocenters. The number of carboxylic acid groups (broad SMARTS) is 1. The van der Waals surface area contributed by atoms with Crippen LogP contribution in [0, 0.1) is 0 Å². The largest absolute Gasteiger partial charge is 0.497 e. The zero-order valence-electron chi connectivity index (χ0n) is 13.5. The summed E-state index contributed by atoms with van der Waals surface area (Å²) in [6.45, 7) is -1.29. The topological polar surface area (TPSA) is 96.4 Å². The van der Waals surface area contributed by atoms with E-state index in [2.05, 4.69) is 20.6 Å². The van der Waals surface area contributed by atoms with E-state index in [0.717, 1.165) is 6.08 Å². The lowest BCUT2D eigenvalue weighted by Crippen LogP contribution is -2.22. The van der Waals surface area contributed by atoms with Crippen LogP contribution in [0.1, 0.15) is 5.56 Å². The second-order valence-electron chi connectivity index (χ2n) is 4.99. The second-order valence-corrected chi connectivity index (χ2v) is 4.99. The van der Waals surface area contributed by atoms with Gasteiger partial charge in [0.2, 0.25) is 5.95 Å². The molecule has 1 aromatic heterocycles. The number of alkyl halides is 3. The summed E-state index contributed by atoms with van der Waals surface area (Å²) in [7, 11) is 1.51. The van der Waals surface area contributed by atoms with Crippen LogP contribution in [0.25, 0.3) is 6.08 Å². The summed E-state index contributed by atoms with van der Waals surface area (Å²) in [4.78, 5) is 18.4. The molecule has 138 valence electrons. The van der Waals surface area contributed by atoms with Crippen LogP contribution < -0.4 is 15.4 Å². The smallest absolute Gasteiger partial charge is 0.405 e. The molecule has 0 spiro atoms. The SMILES string of the molecule is COc1ccc(Nc2nc(NCC(F)(F)F)ncc2/C=C/C(=O)O)cc1. The Balaban J connectivity index is 2.28. The Morgan fingerprint density at radius 3 is 2.58 bits per heavy atom. The van der Waals surface area contributed by atoms with Gasteiger partial charge in [-0.2, -0.15) is 18.2 Å². The van der Waals surface area contributed by atoms with Gasteiger partial charge >= 0.3 is 12.1 Å². The van der Waals surface area contributed by atoms with Gasteiger partial charge in [0.05, 0.1) is 7.11 Å². The predicted molar refractivity (Wildman–Crippen MR) is 89.5 cm³/mol. The van der Waals surface area contributed by atoms with Crippen LogP contribution in [0.4, 0.5) is 30.6 Å². The number of nitrogens with one attached hydrogen (secondary N) is 2. The van der Waals surface area contributed by atoms with Crippen molar-refractivity contribution < 1.29 is 27.8 Å². The molecule has 3 N–H and O–H groups in total. The maximum Gasteiger partial charge on any atom is 0.405 e. The number of ether oxygens (including phenoxy) is 1. The van der Waals surface area contributed by atoms with Gasteiger partial charge in [-0.05, 0) is 30.3 Å². The lowest BCUT2D eigenvalue weighted by atomic mass is 10.2. The number of hydrogen-bond donors (Lipinski definition) is 3. The van der Waals surface area contributed by atoms with Gasteiger partial charge in [0.15, 0.2) is 0 Å². The number of halogens is 3. The average Bonchev–Trinajstić information content (AvgIpc) is 2.59. The fraction of sp³-hybridized carbons (Fsp3) is 0.188. The fourth-order valence-corrected chi connectivity index (χ4v) is 1.85. The number of carboxylic acids is 1. The van der Waals surface area contributed by atoms with E-state index in [1.54, 1.807) is 24.3 Å². The van der Waals surface area contributed by atoms with Crippen LogP contribution >= 0.6 is 0 Å². The average molecular weight is 368 g/mol. The highest BCUT2D eigenvalue weighted by atomic mass is 19.4. The molecule has 0 saturated carbocycles. The van der Waals surface area contributed by atoms with Crippen molar-refractivity contribution in [2.75, 3.05) is 24.3 Å². The first kappa shape index (κ1) is 19.0. The van der Waals surface area contributed by atoms with E-state index in [1.165, 1.54) is 19.4 Å². The predicted octanol–water partition coefficient (Wildman–Crippen LogP) is 3.30. The molecule has 7 nitrogen and oxygen atoms in total. The van der Waals surface area contributed by atoms with Crippen molar-refractivity contribution in [3.8, 4) is 5.75 Å². The Hall–Kier alpha value is -3.30. The summed E-state index contributed by atoms with van der Waals surface area (Å²) >= 11 is 0. The van der Waals surface area contributed by atoms with Crippen LogP contribution in [-0.2, 0) is 4.79 Å². The quantitative estimate of drug-likeness (QED) is 0.645. The van der Waals surface area contributed by atoms with Crippen LogP contribution in [-0.4, -0.2) is 40.9 Å². The Bertz CT molecular complexity index is 792. The number of methoxy groups -OCH3 is 1. The highest BCUT2D eigenvalue weighted by molar-refractivity contribution is 5.86. The summed E-state index contributed by atoms with van der Waals surface area (Å²) in [6, 6.07) is 6.71. The van der Waals surface area contributed by atoms with E-state index in [0.29, 0.717) is 17.0 Å². The molecule has 0 radical (unpaired) electrons. The van der Waals surface area contributed by atoms with Crippen LogP contribution in [0.2, 0.25) is 0 Å². The lowest BCUT2D eigenvalue weighted by Gasteiger charge is -2.12. The van der Waals surface area contributed by atoms with Crippen LogP contribution in [0.15, 0.2) is 36.5 Å². The van der Waals surface area contributed by atoms with Gasteiger partial charge in [0.1, 0.15) is 18.1 Å². The highest BCUT2D eigenvalue weighted by Crippen LogP contribution is 2.23. The number of rotatable bonds is 7. The molecular formula is C16H15F3N4O3. The number of nitrogens with zero attached hydrogens (tertiary/aromatic N) is 2. The standard InChI is InChI=1S/C16H15F3N4O3/c1-26-12-5-3-11(4-6-12)22-14-10(2-7-13(24)25)8-20-15(23-14)21-9-16(17,18)19/h2-8H,9H2,1H3,(H,24,25)(H2,20,21,22,23)/b7-2+. The van der Waals surface area contributed by atoms with Gasteiger partial charge in [0, 0.05) is 23.5 Å². The van der Waals surface area contributed by atoms with Gasteiger partial charge in [-0.1, -0.05) is 0 Å². The van der Waals surface area contributed by atoms with Crippen molar-refractivity contribution in [1.82, 2.24) is 9.97 Å². The van der Waals surface area contributed by atoms with Gasteiger partial charge in [-0.3, -0.25) is 0 Å². The number of anilines is 3. The van der Waals surface area contributed by atoms with Gasteiger partial charge in [-0.15, -0.1) is 0 Å². The molecular weight excluding hydrogens is 353 g/mol. The maximum absolute atomic E-state index is 12.3. The summed E-state index contributed by atoms with van der Waals surface area (Å²) in [5.74, 6) is -0.658. The number of carbonyl (C=O) groups is 1. The number of hydrogen-bond acceptors (Lipinski definition) is 6. The van der Waals surface area contributed by atoms with E-state index in [1.807, 2.05) is 0 Å². The van der Waals surface area contributed by atoms with Crippen molar-refractivity contribution >= 4 is 29.5 Å². The minimum Gasteiger partial charge on any atom is -0.497 e. The van der Waals surface area contributed by atoms with E-state index >= 15 is 0 Å². The Labute approximate surface area is 146 Å². The molecule has 0 amide bonds. The molecule has 2 rings (SSSR count). The molecule has 1 aromatic carbocycles. The maximum atomic E-state index is 12.3. The molecule has 0 aliphatic carbocycles. The third-order valence-corrected chi connectivity index (χ3v) is 3.02. The Morgan fingerprint density at radius 2 is 2.00 bits per heavy atom. The molecule has 2 aromatic rings. The first-order valence-corrected chi connectivity index (χ1v) is 7.26. The molecule has 10 heteroatoms. The Kier molecular flexibility index (Phi) is 5.99. The third kappa shape index (κ3) is 5.96. The first-order valence-electron chi connectivity index (χ1n) is 7.26. The van der Waals surface area contributed by atoms with Gasteiger partial charge in [-0.25, -0.2) is 9.78 Å². The van der Waals surface area contributed by atoms with E-state index < -0.39 is 18.7 Å². The number of aromatic nitrogens is 2. The van der Waals surface area contributed by atoms with E-state index in [4.69, 9.17) is 9.84 Å². The second kappa shape index (κ2) is 8.19. The molecule has 0 fully saturated rings. The molecule has 0 bridgehead atoms. The molecule has 1 heterocycles. The zero-order chi connectivity index (χ0) is 19.2. The van der Waals surface area contributed by atoms with Crippen LogP contribution in [0.3, 0.4) is 0 Å². The Morgan fingerprint density at radius 1 is 1.31 bits per heavy atom. The lowest BCUT2D eigenvalue weighted by molar-refractivity contribution is -0.131. The van der Waals surface area contributed by atoms with Crippen molar-refractivity contribution in [3.05, 3.63) is 42.1 Å². The normalized spacial score (nSPS) is 11.4. The third-order valence-electron chi connectivity index (χ3n) is 3.02. The van der Waals surface area contributed by atoms with Crippen molar-refractivity contribution in [3.63, 3.8) is 0 Å². The van der Waals surface area contributed by atoms with E-state index in [-0.39, 0.29) is 11.8 Å². The van der Waals surface area contributed by atoms with Crippen molar-refractivity contribution in [2.24, 2.45) is 0 Å². The zero-order valence-corrected chi connectivity index (χ0v) is 13.5. The van der Waals surface area contributed by atoms with Gasteiger partial charge in [0.25, 0.3) is 0 Å². The fourth-order valence-electron chi connectivity index (χ4n) is 1.85. The summed E-state index contributed by atoms with van der Waals surface area (Å²) in [5.41, 5.74) is 0.872. The summed E-state index contributed by atoms with van der Waals surface area (Å²) < 4.78 is 42.0. The molecule has 0 saturated heterocycles. The summed E-state index contributed by atoms with van der Waals surface area (Å²) in [6.07, 6.45) is -1.09. The highest BCUT2D eigenvalue weighted by Gasteiger charge is 2.27. The minimum absolute atomic E-state index is 0.146. The van der Waals surface area contributed by atoms with Crippen LogP contribution in [0.5, 0.6) is 5.75 Å².